The van der Waals surface area contributed by atoms with Crippen molar-refractivity contribution < 1.29 is 18.9 Å². The van der Waals surface area contributed by atoms with Crippen molar-refractivity contribution in [1.29, 1.82) is 0 Å². The van der Waals surface area contributed by atoms with Crippen LogP contribution in [0.3, 0.4) is 0 Å². The molecule has 0 amide bonds. The SMILES string of the molecule is CC(c1c(OCC2CO2)ccc2ccccc12)c1c(OCC2CO2)ccc2ccccc12. The molecule has 2 unspecified atom stereocenters. The lowest BCUT2D eigenvalue weighted by Crippen LogP contribution is -2.11. The van der Waals surface area contributed by atoms with Gasteiger partial charge in [0.1, 0.15) is 36.9 Å². The van der Waals surface area contributed by atoms with Gasteiger partial charge in [0.05, 0.1) is 13.2 Å². The van der Waals surface area contributed by atoms with Gasteiger partial charge >= 0.3 is 0 Å². The predicted octanol–water partition coefficient (Wildman–Crippen LogP) is 5.70. The maximum Gasteiger partial charge on any atom is 0.123 e. The van der Waals surface area contributed by atoms with E-state index < -0.39 is 0 Å². The summed E-state index contributed by atoms with van der Waals surface area (Å²) in [5.41, 5.74) is 2.38. The van der Waals surface area contributed by atoms with Crippen LogP contribution in [-0.2, 0) is 9.47 Å². The fourth-order valence-electron chi connectivity index (χ4n) is 4.53. The first kappa shape index (κ1) is 19.6. The standard InChI is InChI=1S/C28H26O4/c1-18(27-23-8-4-2-6-19(23)10-12-25(27)31-16-21-14-29-21)28-24-9-5-3-7-20(24)11-13-26(28)32-17-22-15-30-22/h2-13,18,21-22H,14-17H2,1H3. The van der Waals surface area contributed by atoms with E-state index >= 15 is 0 Å². The van der Waals surface area contributed by atoms with Crippen LogP contribution >= 0.6 is 0 Å². The summed E-state index contributed by atoms with van der Waals surface area (Å²) in [5.74, 6) is 1.89. The van der Waals surface area contributed by atoms with Gasteiger partial charge in [-0.15, -0.1) is 0 Å². The Morgan fingerprint density at radius 1 is 0.688 bits per heavy atom. The molecule has 0 radical (unpaired) electrons. The Kier molecular flexibility index (Phi) is 4.97. The third kappa shape index (κ3) is 3.81. The molecule has 0 saturated carbocycles. The van der Waals surface area contributed by atoms with Crippen molar-refractivity contribution in [3.63, 3.8) is 0 Å². The van der Waals surface area contributed by atoms with Crippen molar-refractivity contribution in [1.82, 2.24) is 0 Å². The molecule has 4 nitrogen and oxygen atoms in total. The molecule has 2 aliphatic rings. The second-order valence-corrected chi connectivity index (χ2v) is 8.65. The number of fused-ring (bicyclic) bond motifs is 2. The third-order valence-electron chi connectivity index (χ3n) is 6.38. The van der Waals surface area contributed by atoms with Crippen molar-refractivity contribution in [3.8, 4) is 11.5 Å². The fourth-order valence-corrected chi connectivity index (χ4v) is 4.53. The number of hydrogen-bond acceptors (Lipinski definition) is 4. The molecular formula is C28H26O4. The van der Waals surface area contributed by atoms with Crippen molar-refractivity contribution in [2.45, 2.75) is 25.0 Å². The summed E-state index contributed by atoms with van der Waals surface area (Å²) in [6.45, 7) is 4.97. The van der Waals surface area contributed by atoms with E-state index in [1.807, 2.05) is 0 Å². The molecule has 0 aliphatic carbocycles. The van der Waals surface area contributed by atoms with Gasteiger partial charge in [-0.3, -0.25) is 0 Å². The molecule has 162 valence electrons. The summed E-state index contributed by atoms with van der Waals surface area (Å²) >= 11 is 0. The number of epoxide rings is 2. The molecule has 4 heteroatoms. The molecule has 4 aromatic carbocycles. The molecular weight excluding hydrogens is 400 g/mol. The quantitative estimate of drug-likeness (QED) is 0.339. The molecule has 0 bridgehead atoms. The van der Waals surface area contributed by atoms with Crippen LogP contribution in [0.1, 0.15) is 24.0 Å². The minimum atomic E-state index is 0.0671. The lowest BCUT2D eigenvalue weighted by atomic mass is 9.85. The Balaban J connectivity index is 1.51. The lowest BCUT2D eigenvalue weighted by Gasteiger charge is -2.23. The van der Waals surface area contributed by atoms with Gasteiger partial charge in [0.25, 0.3) is 0 Å². The molecule has 2 fully saturated rings. The molecule has 2 atom stereocenters. The summed E-state index contributed by atoms with van der Waals surface area (Å²) in [6.07, 6.45) is 0.416. The lowest BCUT2D eigenvalue weighted by molar-refractivity contribution is 0.258. The minimum absolute atomic E-state index is 0.0671. The van der Waals surface area contributed by atoms with Gasteiger partial charge < -0.3 is 18.9 Å². The van der Waals surface area contributed by atoms with Crippen molar-refractivity contribution >= 4 is 21.5 Å². The van der Waals surface area contributed by atoms with Crippen LogP contribution < -0.4 is 9.47 Å². The minimum Gasteiger partial charge on any atom is -0.490 e. The van der Waals surface area contributed by atoms with Gasteiger partial charge in [0.2, 0.25) is 0 Å². The van der Waals surface area contributed by atoms with Crippen LogP contribution in [0.25, 0.3) is 21.5 Å². The largest absolute Gasteiger partial charge is 0.490 e. The molecule has 0 aromatic heterocycles. The predicted molar refractivity (Wildman–Crippen MR) is 126 cm³/mol. The summed E-state index contributed by atoms with van der Waals surface area (Å²) in [4.78, 5) is 0. The van der Waals surface area contributed by atoms with Crippen LogP contribution in [0.4, 0.5) is 0 Å². The number of ether oxygens (including phenoxy) is 4. The maximum absolute atomic E-state index is 6.29. The molecule has 4 aromatic rings. The zero-order valence-corrected chi connectivity index (χ0v) is 18.1. The highest BCUT2D eigenvalue weighted by atomic mass is 16.6. The second kappa shape index (κ2) is 8.12. The van der Waals surface area contributed by atoms with Crippen LogP contribution in [0.2, 0.25) is 0 Å². The summed E-state index contributed by atoms with van der Waals surface area (Å²) in [7, 11) is 0. The van der Waals surface area contributed by atoms with Gasteiger partial charge in [-0.2, -0.15) is 0 Å². The Morgan fingerprint density at radius 3 is 1.56 bits per heavy atom. The van der Waals surface area contributed by atoms with E-state index in [0.29, 0.717) is 13.2 Å². The number of rotatable bonds is 8. The van der Waals surface area contributed by atoms with Gasteiger partial charge in [-0.1, -0.05) is 67.6 Å². The molecule has 2 aliphatic heterocycles. The molecule has 6 rings (SSSR count). The van der Waals surface area contributed by atoms with Crippen molar-refractivity contribution in [3.05, 3.63) is 83.9 Å². The van der Waals surface area contributed by atoms with E-state index in [-0.39, 0.29) is 18.1 Å². The fraction of sp³-hybridized carbons (Fsp3) is 0.286. The van der Waals surface area contributed by atoms with Gasteiger partial charge in [-0.25, -0.2) is 0 Å². The van der Waals surface area contributed by atoms with Crippen LogP contribution in [-0.4, -0.2) is 38.6 Å². The van der Waals surface area contributed by atoms with E-state index in [2.05, 4.69) is 79.7 Å². The number of benzene rings is 4. The first-order valence-electron chi connectivity index (χ1n) is 11.3. The van der Waals surface area contributed by atoms with E-state index in [1.165, 1.54) is 32.7 Å². The third-order valence-corrected chi connectivity index (χ3v) is 6.38. The highest BCUT2D eigenvalue weighted by molar-refractivity contribution is 5.92. The highest BCUT2D eigenvalue weighted by Gasteiger charge is 2.28. The average Bonchev–Trinajstić information content (AvgIpc) is 3.75. The highest BCUT2D eigenvalue weighted by Crippen LogP contribution is 2.43. The Labute approximate surface area is 187 Å². The maximum atomic E-state index is 6.29. The van der Waals surface area contributed by atoms with Crippen LogP contribution in [0.5, 0.6) is 11.5 Å². The van der Waals surface area contributed by atoms with Crippen molar-refractivity contribution in [2.24, 2.45) is 0 Å². The van der Waals surface area contributed by atoms with E-state index in [1.54, 1.807) is 0 Å². The number of hydrogen-bond donors (Lipinski definition) is 0. The Morgan fingerprint density at radius 2 is 1.12 bits per heavy atom. The van der Waals surface area contributed by atoms with Crippen LogP contribution in [0.15, 0.2) is 72.8 Å². The van der Waals surface area contributed by atoms with E-state index in [9.17, 15) is 0 Å². The molecule has 2 heterocycles. The molecule has 32 heavy (non-hydrogen) atoms. The summed E-state index contributed by atoms with van der Waals surface area (Å²) in [5, 5.41) is 4.83. The van der Waals surface area contributed by atoms with E-state index in [0.717, 1.165) is 24.7 Å². The Bertz CT molecular complexity index is 1170. The molecule has 0 spiro atoms. The Hall–Kier alpha value is -3.08. The van der Waals surface area contributed by atoms with Crippen molar-refractivity contribution in [2.75, 3.05) is 26.4 Å². The molecule has 0 N–H and O–H groups in total. The molecule has 2 saturated heterocycles. The van der Waals surface area contributed by atoms with Crippen LogP contribution in [0, 0.1) is 0 Å². The second-order valence-electron chi connectivity index (χ2n) is 8.65. The van der Waals surface area contributed by atoms with Gasteiger partial charge in [0.15, 0.2) is 0 Å². The normalized spacial score (nSPS) is 20.3. The summed E-state index contributed by atoms with van der Waals surface area (Å²) in [6, 6.07) is 25.5. The zero-order valence-electron chi connectivity index (χ0n) is 18.1. The smallest absolute Gasteiger partial charge is 0.123 e. The van der Waals surface area contributed by atoms with E-state index in [4.69, 9.17) is 18.9 Å². The van der Waals surface area contributed by atoms with Gasteiger partial charge in [-0.05, 0) is 33.7 Å². The monoisotopic (exact) mass is 426 g/mol. The summed E-state index contributed by atoms with van der Waals surface area (Å²) < 4.78 is 23.3. The average molecular weight is 427 g/mol. The zero-order chi connectivity index (χ0) is 21.5. The first-order valence-corrected chi connectivity index (χ1v) is 11.3. The van der Waals surface area contributed by atoms with Gasteiger partial charge in [0, 0.05) is 17.0 Å². The first-order chi connectivity index (χ1) is 15.8. The topological polar surface area (TPSA) is 43.5 Å².